The van der Waals surface area contributed by atoms with Crippen LogP contribution >= 0.6 is 11.3 Å². The fourth-order valence-corrected chi connectivity index (χ4v) is 2.73. The van der Waals surface area contributed by atoms with Gasteiger partial charge in [0, 0.05) is 12.6 Å². The number of benzene rings is 1. The lowest BCUT2D eigenvalue weighted by Crippen LogP contribution is -1.86. The summed E-state index contributed by atoms with van der Waals surface area (Å²) in [7, 11) is 1.87. The summed E-state index contributed by atoms with van der Waals surface area (Å²) >= 11 is 1.58. The van der Waals surface area contributed by atoms with Crippen molar-refractivity contribution in [3.8, 4) is 11.3 Å². The molecule has 2 aromatic heterocycles. The van der Waals surface area contributed by atoms with Crippen molar-refractivity contribution in [1.82, 2.24) is 9.97 Å². The molecule has 0 fully saturated rings. The number of aromatic nitrogens is 2. The lowest BCUT2D eigenvalue weighted by Gasteiger charge is -2.03. The van der Waals surface area contributed by atoms with Gasteiger partial charge in [-0.3, -0.25) is 0 Å². The molecule has 0 amide bonds. The highest BCUT2D eigenvalue weighted by Crippen LogP contribution is 2.28. The smallest absolute Gasteiger partial charge is 0.185 e. The highest BCUT2D eigenvalue weighted by Gasteiger charge is 2.07. The fourth-order valence-electron chi connectivity index (χ4n) is 1.93. The van der Waals surface area contributed by atoms with Crippen LogP contribution in [0.3, 0.4) is 0 Å². The number of thiazole rings is 1. The van der Waals surface area contributed by atoms with Crippen molar-refractivity contribution in [3.05, 3.63) is 42.0 Å². The Morgan fingerprint density at radius 1 is 1.06 bits per heavy atom. The number of nitrogens with one attached hydrogen (secondary N) is 1. The number of pyridine rings is 1. The summed E-state index contributed by atoms with van der Waals surface area (Å²) in [4.78, 5) is 10.1. The van der Waals surface area contributed by atoms with E-state index in [1.807, 2.05) is 31.3 Å². The number of hydrogen-bond donors (Lipinski definition) is 1. The van der Waals surface area contributed by atoms with Crippen LogP contribution in [0.4, 0.5) is 5.13 Å². The van der Waals surface area contributed by atoms with Crippen molar-refractivity contribution >= 4 is 26.8 Å². The van der Waals surface area contributed by atoms with Gasteiger partial charge in [-0.05, 0) is 24.6 Å². The third-order valence-electron chi connectivity index (χ3n) is 2.89. The summed E-state index contributed by atoms with van der Waals surface area (Å²) in [6.45, 7) is 2.10. The molecule has 3 nitrogen and oxygen atoms in total. The van der Waals surface area contributed by atoms with E-state index in [9.17, 15) is 0 Å². The predicted molar refractivity (Wildman–Crippen MR) is 77.1 cm³/mol. The van der Waals surface area contributed by atoms with Crippen LogP contribution in [0.5, 0.6) is 0 Å². The van der Waals surface area contributed by atoms with E-state index >= 15 is 0 Å². The molecule has 18 heavy (non-hydrogen) atoms. The lowest BCUT2D eigenvalue weighted by atomic mass is 10.1. The van der Waals surface area contributed by atoms with E-state index in [1.54, 1.807) is 11.3 Å². The Bertz CT molecular complexity index is 703. The Balaban J connectivity index is 2.16. The maximum Gasteiger partial charge on any atom is 0.185 e. The zero-order valence-electron chi connectivity index (χ0n) is 10.3. The quantitative estimate of drug-likeness (QED) is 0.758. The van der Waals surface area contributed by atoms with Crippen LogP contribution < -0.4 is 5.32 Å². The minimum absolute atomic E-state index is 0.902. The van der Waals surface area contributed by atoms with Crippen LogP contribution in [0.2, 0.25) is 0 Å². The highest BCUT2D eigenvalue weighted by atomic mass is 32.1. The Kier molecular flexibility index (Phi) is 2.72. The monoisotopic (exact) mass is 255 g/mol. The van der Waals surface area contributed by atoms with Gasteiger partial charge in [-0.25, -0.2) is 9.97 Å². The van der Waals surface area contributed by atoms with Crippen LogP contribution in [0.15, 0.2) is 36.4 Å². The van der Waals surface area contributed by atoms with Gasteiger partial charge in [-0.15, -0.1) is 0 Å². The van der Waals surface area contributed by atoms with Crippen molar-refractivity contribution in [2.45, 2.75) is 6.92 Å². The molecule has 0 bridgehead atoms. The largest absolute Gasteiger partial charge is 0.365 e. The molecule has 0 atom stereocenters. The van der Waals surface area contributed by atoms with Crippen molar-refractivity contribution in [3.63, 3.8) is 0 Å². The minimum atomic E-state index is 0.902. The summed E-state index contributed by atoms with van der Waals surface area (Å²) in [5, 5.41) is 3.96. The minimum Gasteiger partial charge on any atom is -0.365 e. The topological polar surface area (TPSA) is 37.8 Å². The van der Waals surface area contributed by atoms with Crippen LogP contribution in [-0.4, -0.2) is 17.0 Å². The van der Waals surface area contributed by atoms with Gasteiger partial charge in [-0.2, -0.15) is 0 Å². The normalized spacial score (nSPS) is 10.8. The second-order valence-electron chi connectivity index (χ2n) is 4.10. The third kappa shape index (κ3) is 1.84. The molecule has 1 aromatic carbocycles. The molecule has 1 N–H and O–H groups in total. The average molecular weight is 255 g/mol. The Hall–Kier alpha value is -1.94. The first-order valence-corrected chi connectivity index (χ1v) is 6.61. The van der Waals surface area contributed by atoms with Gasteiger partial charge in [0.05, 0.1) is 5.69 Å². The maximum absolute atomic E-state index is 4.69. The molecule has 0 saturated heterocycles. The molecule has 0 saturated carbocycles. The SMILES string of the molecule is CNc1nc2ccc(-c3ccccc3C)nc2s1. The zero-order chi connectivity index (χ0) is 12.5. The van der Waals surface area contributed by atoms with E-state index in [0.29, 0.717) is 0 Å². The predicted octanol–water partition coefficient (Wildman–Crippen LogP) is 3.71. The maximum atomic E-state index is 4.69. The summed E-state index contributed by atoms with van der Waals surface area (Å²) in [5.74, 6) is 0. The standard InChI is InChI=1S/C14H13N3S/c1-9-5-3-4-6-10(9)11-7-8-12-13(16-11)18-14(15-2)17-12/h3-8H,1-2H3,(H,15,17). The third-order valence-corrected chi connectivity index (χ3v) is 3.87. The van der Waals surface area contributed by atoms with E-state index in [0.717, 1.165) is 21.2 Å². The summed E-state index contributed by atoms with van der Waals surface area (Å²) in [6, 6.07) is 12.4. The first-order chi connectivity index (χ1) is 8.78. The molecule has 4 heteroatoms. The van der Waals surface area contributed by atoms with Crippen molar-refractivity contribution in [2.75, 3.05) is 12.4 Å². The van der Waals surface area contributed by atoms with E-state index in [1.165, 1.54) is 11.1 Å². The fraction of sp³-hybridized carbons (Fsp3) is 0.143. The molecule has 0 aliphatic heterocycles. The number of nitrogens with zero attached hydrogens (tertiary/aromatic N) is 2. The first kappa shape index (κ1) is 11.2. The lowest BCUT2D eigenvalue weighted by molar-refractivity contribution is 1.36. The van der Waals surface area contributed by atoms with Crippen molar-refractivity contribution < 1.29 is 0 Å². The van der Waals surface area contributed by atoms with Crippen LogP contribution in [-0.2, 0) is 0 Å². The van der Waals surface area contributed by atoms with Crippen LogP contribution in [0.25, 0.3) is 21.6 Å². The summed E-state index contributed by atoms with van der Waals surface area (Å²) in [6.07, 6.45) is 0. The Morgan fingerprint density at radius 3 is 2.67 bits per heavy atom. The zero-order valence-corrected chi connectivity index (χ0v) is 11.1. The first-order valence-electron chi connectivity index (χ1n) is 5.79. The number of rotatable bonds is 2. The van der Waals surface area contributed by atoms with Crippen molar-refractivity contribution in [1.29, 1.82) is 0 Å². The summed E-state index contributed by atoms with van der Waals surface area (Å²) < 4.78 is 0. The van der Waals surface area contributed by atoms with Gasteiger partial charge < -0.3 is 5.32 Å². The van der Waals surface area contributed by atoms with Gasteiger partial charge in [0.1, 0.15) is 10.3 Å². The second kappa shape index (κ2) is 4.38. The number of hydrogen-bond acceptors (Lipinski definition) is 4. The molecule has 3 rings (SSSR count). The average Bonchev–Trinajstić information content (AvgIpc) is 2.81. The van der Waals surface area contributed by atoms with E-state index < -0.39 is 0 Å². The molecule has 3 aromatic rings. The van der Waals surface area contributed by atoms with E-state index in [-0.39, 0.29) is 0 Å². The molecule has 90 valence electrons. The van der Waals surface area contributed by atoms with Gasteiger partial charge in [0.2, 0.25) is 0 Å². The summed E-state index contributed by atoms with van der Waals surface area (Å²) in [5.41, 5.74) is 4.37. The van der Waals surface area contributed by atoms with Gasteiger partial charge in [0.15, 0.2) is 5.13 Å². The number of anilines is 1. The molecule has 0 aliphatic rings. The number of aryl methyl sites for hydroxylation is 1. The molecule has 0 spiro atoms. The Morgan fingerprint density at radius 2 is 1.89 bits per heavy atom. The molecule has 0 radical (unpaired) electrons. The van der Waals surface area contributed by atoms with E-state index in [4.69, 9.17) is 4.98 Å². The van der Waals surface area contributed by atoms with Gasteiger partial charge in [-0.1, -0.05) is 35.6 Å². The van der Waals surface area contributed by atoms with Crippen molar-refractivity contribution in [2.24, 2.45) is 0 Å². The molecule has 0 unspecified atom stereocenters. The molecule has 2 heterocycles. The molecular weight excluding hydrogens is 242 g/mol. The number of fused-ring (bicyclic) bond motifs is 1. The Labute approximate surface area is 110 Å². The second-order valence-corrected chi connectivity index (χ2v) is 5.08. The molecular formula is C14H13N3S. The van der Waals surface area contributed by atoms with Crippen LogP contribution in [0, 0.1) is 6.92 Å². The molecule has 0 aliphatic carbocycles. The van der Waals surface area contributed by atoms with Crippen LogP contribution in [0.1, 0.15) is 5.56 Å². The highest BCUT2D eigenvalue weighted by molar-refractivity contribution is 7.21. The van der Waals surface area contributed by atoms with Gasteiger partial charge >= 0.3 is 0 Å². The van der Waals surface area contributed by atoms with E-state index in [2.05, 4.69) is 29.4 Å². The van der Waals surface area contributed by atoms with Gasteiger partial charge in [0.25, 0.3) is 0 Å².